The standard InChI is InChI=1S/C15H23FN4O2/c1-11(17-15(21)18-22-3)13-10-12(16)4-5-14(13)20-8-6-19(2)7-9-20/h4-5,10-11H,6-9H2,1-3H3,(H2,17,18,21)/t11-/m0/s1. The highest BCUT2D eigenvalue weighted by Gasteiger charge is 2.21. The summed E-state index contributed by atoms with van der Waals surface area (Å²) in [6.45, 7) is 5.51. The van der Waals surface area contributed by atoms with E-state index in [-0.39, 0.29) is 11.9 Å². The lowest BCUT2D eigenvalue weighted by molar-refractivity contribution is 0.106. The Kier molecular flexibility index (Phi) is 5.57. The molecule has 1 atom stereocenters. The van der Waals surface area contributed by atoms with Crippen LogP contribution in [0.4, 0.5) is 14.9 Å². The van der Waals surface area contributed by atoms with Gasteiger partial charge >= 0.3 is 6.03 Å². The summed E-state index contributed by atoms with van der Waals surface area (Å²) >= 11 is 0. The van der Waals surface area contributed by atoms with Gasteiger partial charge in [0.15, 0.2) is 0 Å². The number of hydrogen-bond acceptors (Lipinski definition) is 4. The lowest BCUT2D eigenvalue weighted by Crippen LogP contribution is -2.45. The molecule has 1 fully saturated rings. The van der Waals surface area contributed by atoms with E-state index < -0.39 is 6.03 Å². The number of rotatable bonds is 4. The van der Waals surface area contributed by atoms with Crippen molar-refractivity contribution >= 4 is 11.7 Å². The van der Waals surface area contributed by atoms with E-state index in [4.69, 9.17) is 0 Å². The lowest BCUT2D eigenvalue weighted by Gasteiger charge is -2.36. The largest absolute Gasteiger partial charge is 0.369 e. The molecule has 0 aromatic heterocycles. The summed E-state index contributed by atoms with van der Waals surface area (Å²) in [5, 5.41) is 2.73. The Balaban J connectivity index is 2.18. The van der Waals surface area contributed by atoms with Crippen molar-refractivity contribution in [3.05, 3.63) is 29.6 Å². The van der Waals surface area contributed by atoms with Gasteiger partial charge in [-0.2, -0.15) is 0 Å². The Morgan fingerprint density at radius 3 is 2.64 bits per heavy atom. The molecule has 1 aliphatic heterocycles. The van der Waals surface area contributed by atoms with E-state index in [1.54, 1.807) is 6.07 Å². The number of anilines is 1. The van der Waals surface area contributed by atoms with Gasteiger partial charge in [0.2, 0.25) is 0 Å². The molecule has 0 radical (unpaired) electrons. The van der Waals surface area contributed by atoms with Crippen LogP contribution in [-0.4, -0.2) is 51.3 Å². The number of carbonyl (C=O) groups excluding carboxylic acids is 1. The van der Waals surface area contributed by atoms with Gasteiger partial charge in [-0.1, -0.05) is 0 Å². The second-order valence-corrected chi connectivity index (χ2v) is 5.49. The predicted molar refractivity (Wildman–Crippen MR) is 83.2 cm³/mol. The Morgan fingerprint density at radius 1 is 1.32 bits per heavy atom. The maximum atomic E-state index is 13.6. The third kappa shape index (κ3) is 4.08. The number of halogens is 1. The van der Waals surface area contributed by atoms with E-state index in [1.165, 1.54) is 19.2 Å². The number of likely N-dealkylation sites (N-methyl/N-ethyl adjacent to an activating group) is 1. The fraction of sp³-hybridized carbons (Fsp3) is 0.533. The summed E-state index contributed by atoms with van der Waals surface area (Å²) in [5.41, 5.74) is 3.92. The van der Waals surface area contributed by atoms with Crippen LogP contribution in [0.5, 0.6) is 0 Å². The average molecular weight is 310 g/mol. The first-order valence-corrected chi connectivity index (χ1v) is 7.33. The molecule has 0 aliphatic carbocycles. The van der Waals surface area contributed by atoms with E-state index in [9.17, 15) is 9.18 Å². The van der Waals surface area contributed by atoms with Crippen LogP contribution in [0.2, 0.25) is 0 Å². The summed E-state index contributed by atoms with van der Waals surface area (Å²) in [7, 11) is 3.45. The quantitative estimate of drug-likeness (QED) is 0.828. The second-order valence-electron chi connectivity index (χ2n) is 5.49. The summed E-state index contributed by atoms with van der Waals surface area (Å²) in [6.07, 6.45) is 0. The number of nitrogens with zero attached hydrogens (tertiary/aromatic N) is 2. The zero-order valence-electron chi connectivity index (χ0n) is 13.2. The van der Waals surface area contributed by atoms with Crippen molar-refractivity contribution in [3.63, 3.8) is 0 Å². The Morgan fingerprint density at radius 2 is 2.00 bits per heavy atom. The number of nitrogens with one attached hydrogen (secondary N) is 2. The topological polar surface area (TPSA) is 56.8 Å². The van der Waals surface area contributed by atoms with Gasteiger partial charge in [0.05, 0.1) is 13.2 Å². The predicted octanol–water partition coefficient (Wildman–Crippen LogP) is 1.50. The monoisotopic (exact) mass is 310 g/mol. The van der Waals surface area contributed by atoms with Gasteiger partial charge in [0.1, 0.15) is 5.82 Å². The molecule has 0 bridgehead atoms. The maximum Gasteiger partial charge on any atom is 0.339 e. The molecule has 22 heavy (non-hydrogen) atoms. The van der Waals surface area contributed by atoms with E-state index >= 15 is 0 Å². The number of hydroxylamine groups is 1. The molecule has 6 nitrogen and oxygen atoms in total. The van der Waals surface area contributed by atoms with E-state index in [1.807, 2.05) is 6.92 Å². The summed E-state index contributed by atoms with van der Waals surface area (Å²) < 4.78 is 13.6. The normalized spacial score (nSPS) is 17.2. The van der Waals surface area contributed by atoms with Gasteiger partial charge in [-0.3, -0.25) is 4.84 Å². The molecule has 2 amide bonds. The lowest BCUT2D eigenvalue weighted by atomic mass is 10.0. The SMILES string of the molecule is CONC(=O)N[C@@H](C)c1cc(F)ccc1N1CCN(C)CC1. The van der Waals surface area contributed by atoms with E-state index in [0.29, 0.717) is 0 Å². The minimum absolute atomic E-state index is 0.311. The van der Waals surface area contributed by atoms with Crippen LogP contribution in [0.1, 0.15) is 18.5 Å². The third-order valence-electron chi connectivity index (χ3n) is 3.84. The maximum absolute atomic E-state index is 13.6. The molecular formula is C15H23FN4O2. The molecule has 0 unspecified atom stereocenters. The molecule has 1 aliphatic rings. The molecule has 1 aromatic carbocycles. The molecule has 122 valence electrons. The minimum Gasteiger partial charge on any atom is -0.369 e. The van der Waals surface area contributed by atoms with Crippen molar-refractivity contribution in [1.29, 1.82) is 0 Å². The molecule has 2 rings (SSSR count). The van der Waals surface area contributed by atoms with Gasteiger partial charge in [0, 0.05) is 37.4 Å². The fourth-order valence-corrected chi connectivity index (χ4v) is 2.60. The number of urea groups is 1. The first-order chi connectivity index (χ1) is 10.5. The zero-order chi connectivity index (χ0) is 16.1. The highest BCUT2D eigenvalue weighted by atomic mass is 19.1. The molecule has 1 saturated heterocycles. The molecule has 1 heterocycles. The summed E-state index contributed by atoms with van der Waals surface area (Å²) in [6, 6.07) is 3.93. The number of piperazine rings is 1. The van der Waals surface area contributed by atoms with Gasteiger partial charge in [-0.05, 0) is 32.2 Å². The van der Waals surface area contributed by atoms with Crippen LogP contribution in [0, 0.1) is 5.82 Å². The van der Waals surface area contributed by atoms with Crippen molar-refractivity contribution in [2.75, 3.05) is 45.2 Å². The van der Waals surface area contributed by atoms with E-state index in [0.717, 1.165) is 37.4 Å². The molecule has 0 saturated carbocycles. The number of benzene rings is 1. The van der Waals surface area contributed by atoms with Crippen molar-refractivity contribution in [2.45, 2.75) is 13.0 Å². The van der Waals surface area contributed by atoms with E-state index in [2.05, 4.69) is 32.5 Å². The van der Waals surface area contributed by atoms with Gasteiger partial charge in [0.25, 0.3) is 0 Å². The van der Waals surface area contributed by atoms with Crippen LogP contribution in [0.15, 0.2) is 18.2 Å². The highest BCUT2D eigenvalue weighted by molar-refractivity contribution is 5.73. The van der Waals surface area contributed by atoms with Crippen molar-refractivity contribution < 1.29 is 14.0 Å². The first kappa shape index (κ1) is 16.5. The highest BCUT2D eigenvalue weighted by Crippen LogP contribution is 2.28. The third-order valence-corrected chi connectivity index (χ3v) is 3.84. The molecular weight excluding hydrogens is 287 g/mol. The minimum atomic E-state index is -0.455. The Hall–Kier alpha value is -1.86. The fourth-order valence-electron chi connectivity index (χ4n) is 2.60. The summed E-state index contributed by atoms with van der Waals surface area (Å²) in [4.78, 5) is 20.6. The van der Waals surface area contributed by atoms with Crippen LogP contribution in [0.25, 0.3) is 0 Å². The number of carbonyl (C=O) groups is 1. The zero-order valence-corrected chi connectivity index (χ0v) is 13.2. The second kappa shape index (κ2) is 7.42. The molecule has 2 N–H and O–H groups in total. The average Bonchev–Trinajstić information content (AvgIpc) is 2.48. The molecule has 1 aromatic rings. The smallest absolute Gasteiger partial charge is 0.339 e. The summed E-state index contributed by atoms with van der Waals surface area (Å²) in [5.74, 6) is -0.311. The Bertz CT molecular complexity index is 518. The van der Waals surface area contributed by atoms with Crippen LogP contribution in [0.3, 0.4) is 0 Å². The molecule has 0 spiro atoms. The molecule has 7 heteroatoms. The first-order valence-electron chi connectivity index (χ1n) is 7.33. The van der Waals surface area contributed by atoms with Crippen LogP contribution in [-0.2, 0) is 4.84 Å². The van der Waals surface area contributed by atoms with Crippen molar-refractivity contribution in [3.8, 4) is 0 Å². The van der Waals surface area contributed by atoms with Crippen molar-refractivity contribution in [1.82, 2.24) is 15.7 Å². The number of amides is 2. The van der Waals surface area contributed by atoms with Gasteiger partial charge < -0.3 is 15.1 Å². The van der Waals surface area contributed by atoms with Crippen molar-refractivity contribution in [2.24, 2.45) is 0 Å². The Labute approximate surface area is 130 Å². The van der Waals surface area contributed by atoms with Crippen LogP contribution >= 0.6 is 0 Å². The van der Waals surface area contributed by atoms with Gasteiger partial charge in [-0.25, -0.2) is 14.7 Å². The number of hydrogen-bond donors (Lipinski definition) is 2. The van der Waals surface area contributed by atoms with Gasteiger partial charge in [-0.15, -0.1) is 0 Å². The van der Waals surface area contributed by atoms with Crippen LogP contribution < -0.4 is 15.7 Å².